The highest BCUT2D eigenvalue weighted by molar-refractivity contribution is 6.33. The van der Waals surface area contributed by atoms with Crippen LogP contribution in [0.3, 0.4) is 0 Å². The SMILES string of the molecule is CCc1ccc(-c2nc3c(Cl)cccn3c2N=O)cc1. The number of nitroso groups, excluding NO2 is 1. The van der Waals surface area contributed by atoms with Crippen LogP contribution in [0.25, 0.3) is 16.9 Å². The van der Waals surface area contributed by atoms with Crippen LogP contribution in [0, 0.1) is 4.91 Å². The van der Waals surface area contributed by atoms with Crippen LogP contribution >= 0.6 is 11.6 Å². The second-order valence-electron chi connectivity index (χ2n) is 4.48. The summed E-state index contributed by atoms with van der Waals surface area (Å²) >= 11 is 6.11. The van der Waals surface area contributed by atoms with Crippen LogP contribution in [0.15, 0.2) is 47.8 Å². The Morgan fingerprint density at radius 2 is 2.00 bits per heavy atom. The Hall–Kier alpha value is -2.20. The third-order valence-corrected chi connectivity index (χ3v) is 3.59. The van der Waals surface area contributed by atoms with E-state index in [-0.39, 0.29) is 5.82 Å². The average molecular weight is 286 g/mol. The number of rotatable bonds is 3. The highest BCUT2D eigenvalue weighted by Crippen LogP contribution is 2.33. The van der Waals surface area contributed by atoms with Gasteiger partial charge in [-0.25, -0.2) is 4.98 Å². The summed E-state index contributed by atoms with van der Waals surface area (Å²) in [5.41, 5.74) is 3.18. The van der Waals surface area contributed by atoms with Crippen LogP contribution in [0.1, 0.15) is 12.5 Å². The largest absolute Gasteiger partial charge is 0.280 e. The van der Waals surface area contributed by atoms with Gasteiger partial charge >= 0.3 is 0 Å². The molecule has 0 N–H and O–H groups in total. The average Bonchev–Trinajstić information content (AvgIpc) is 2.87. The summed E-state index contributed by atoms with van der Waals surface area (Å²) in [5.74, 6) is 0.270. The van der Waals surface area contributed by atoms with Crippen molar-refractivity contribution in [2.45, 2.75) is 13.3 Å². The Kier molecular flexibility index (Phi) is 3.24. The lowest BCUT2D eigenvalue weighted by Crippen LogP contribution is -1.83. The molecular weight excluding hydrogens is 274 g/mol. The molecule has 0 saturated carbocycles. The molecule has 0 aliphatic heterocycles. The van der Waals surface area contributed by atoms with Gasteiger partial charge in [0.15, 0.2) is 5.65 Å². The van der Waals surface area contributed by atoms with E-state index in [1.807, 2.05) is 24.3 Å². The fraction of sp³-hybridized carbons (Fsp3) is 0.133. The first-order valence-corrected chi connectivity index (χ1v) is 6.71. The third kappa shape index (κ3) is 1.98. The molecule has 0 bridgehead atoms. The Morgan fingerprint density at radius 3 is 2.65 bits per heavy atom. The molecule has 0 aliphatic carbocycles. The summed E-state index contributed by atoms with van der Waals surface area (Å²) in [6, 6.07) is 11.4. The van der Waals surface area contributed by atoms with Gasteiger partial charge in [-0.3, -0.25) is 4.40 Å². The monoisotopic (exact) mass is 285 g/mol. The quantitative estimate of drug-likeness (QED) is 0.659. The number of pyridine rings is 1. The lowest BCUT2D eigenvalue weighted by atomic mass is 10.1. The molecule has 20 heavy (non-hydrogen) atoms. The summed E-state index contributed by atoms with van der Waals surface area (Å²) in [6.07, 6.45) is 2.70. The van der Waals surface area contributed by atoms with Crippen molar-refractivity contribution in [3.05, 3.63) is 58.1 Å². The molecule has 0 aliphatic rings. The Balaban J connectivity index is 2.24. The van der Waals surface area contributed by atoms with Gasteiger partial charge in [0, 0.05) is 11.8 Å². The highest BCUT2D eigenvalue weighted by atomic mass is 35.5. The zero-order valence-electron chi connectivity index (χ0n) is 10.9. The fourth-order valence-corrected chi connectivity index (χ4v) is 2.41. The van der Waals surface area contributed by atoms with Gasteiger partial charge in [-0.1, -0.05) is 42.8 Å². The van der Waals surface area contributed by atoms with E-state index in [9.17, 15) is 4.91 Å². The molecule has 0 saturated heterocycles. The molecule has 5 heteroatoms. The van der Waals surface area contributed by atoms with E-state index in [1.54, 1.807) is 22.7 Å². The van der Waals surface area contributed by atoms with Crippen molar-refractivity contribution in [1.29, 1.82) is 0 Å². The molecule has 1 aromatic carbocycles. The van der Waals surface area contributed by atoms with E-state index in [0.29, 0.717) is 16.4 Å². The van der Waals surface area contributed by atoms with Gasteiger partial charge in [0.1, 0.15) is 5.69 Å². The molecule has 4 nitrogen and oxygen atoms in total. The van der Waals surface area contributed by atoms with Crippen LogP contribution in [0.4, 0.5) is 5.82 Å². The first-order valence-electron chi connectivity index (χ1n) is 6.34. The molecule has 2 heterocycles. The van der Waals surface area contributed by atoms with Gasteiger partial charge in [0.25, 0.3) is 0 Å². The van der Waals surface area contributed by atoms with Crippen molar-refractivity contribution in [3.63, 3.8) is 0 Å². The van der Waals surface area contributed by atoms with Crippen molar-refractivity contribution in [2.75, 3.05) is 0 Å². The maximum atomic E-state index is 11.2. The van der Waals surface area contributed by atoms with Crippen molar-refractivity contribution in [3.8, 4) is 11.3 Å². The van der Waals surface area contributed by atoms with Crippen molar-refractivity contribution in [2.24, 2.45) is 5.18 Å². The molecule has 0 radical (unpaired) electrons. The van der Waals surface area contributed by atoms with E-state index in [2.05, 4.69) is 17.1 Å². The Bertz CT molecular complexity index is 778. The predicted octanol–water partition coefficient (Wildman–Crippen LogP) is 4.62. The number of benzene rings is 1. The molecule has 2 aromatic heterocycles. The molecule has 0 spiro atoms. The number of hydrogen-bond acceptors (Lipinski definition) is 3. The van der Waals surface area contributed by atoms with Crippen LogP contribution in [-0.2, 0) is 6.42 Å². The molecule has 100 valence electrons. The van der Waals surface area contributed by atoms with Gasteiger partial charge in [-0.2, -0.15) is 0 Å². The molecule has 3 rings (SSSR count). The lowest BCUT2D eigenvalue weighted by molar-refractivity contribution is 1.14. The minimum atomic E-state index is 0.270. The first kappa shape index (κ1) is 12.8. The fourth-order valence-electron chi connectivity index (χ4n) is 2.20. The van der Waals surface area contributed by atoms with E-state index in [4.69, 9.17) is 11.6 Å². The molecular formula is C15H12ClN3O. The zero-order chi connectivity index (χ0) is 14.1. The van der Waals surface area contributed by atoms with E-state index in [0.717, 1.165) is 12.0 Å². The van der Waals surface area contributed by atoms with Crippen LogP contribution in [0.5, 0.6) is 0 Å². The Labute approximate surface area is 121 Å². The number of halogens is 1. The normalized spacial score (nSPS) is 10.9. The summed E-state index contributed by atoms with van der Waals surface area (Å²) in [7, 11) is 0. The number of aryl methyl sites for hydroxylation is 1. The second-order valence-corrected chi connectivity index (χ2v) is 4.88. The minimum Gasteiger partial charge on any atom is -0.280 e. The summed E-state index contributed by atoms with van der Waals surface area (Å²) < 4.78 is 1.61. The van der Waals surface area contributed by atoms with Gasteiger partial charge in [0.05, 0.1) is 5.02 Å². The smallest absolute Gasteiger partial charge is 0.209 e. The van der Waals surface area contributed by atoms with Crippen molar-refractivity contribution < 1.29 is 0 Å². The topological polar surface area (TPSA) is 46.7 Å². The van der Waals surface area contributed by atoms with Crippen molar-refractivity contribution >= 4 is 23.1 Å². The van der Waals surface area contributed by atoms with Gasteiger partial charge in [-0.05, 0) is 29.3 Å². The van der Waals surface area contributed by atoms with Crippen LogP contribution in [0.2, 0.25) is 5.02 Å². The van der Waals surface area contributed by atoms with Crippen LogP contribution < -0.4 is 0 Å². The van der Waals surface area contributed by atoms with E-state index < -0.39 is 0 Å². The standard InChI is InChI=1S/C15H12ClN3O/c1-2-10-5-7-11(8-6-10)13-15(18-20)19-9-3-4-12(16)14(19)17-13/h3-9H,2H2,1H3. The lowest BCUT2D eigenvalue weighted by Gasteiger charge is -2.00. The first-order chi connectivity index (χ1) is 9.74. The maximum absolute atomic E-state index is 11.2. The number of hydrogen-bond donors (Lipinski definition) is 0. The molecule has 0 amide bonds. The van der Waals surface area contributed by atoms with E-state index in [1.165, 1.54) is 5.56 Å². The third-order valence-electron chi connectivity index (χ3n) is 3.30. The van der Waals surface area contributed by atoms with Crippen LogP contribution in [-0.4, -0.2) is 9.38 Å². The van der Waals surface area contributed by atoms with Crippen molar-refractivity contribution in [1.82, 2.24) is 9.38 Å². The molecule has 0 unspecified atom stereocenters. The molecule has 3 aromatic rings. The molecule has 0 fully saturated rings. The zero-order valence-corrected chi connectivity index (χ0v) is 11.6. The van der Waals surface area contributed by atoms with Gasteiger partial charge < -0.3 is 0 Å². The maximum Gasteiger partial charge on any atom is 0.209 e. The highest BCUT2D eigenvalue weighted by Gasteiger charge is 2.16. The Morgan fingerprint density at radius 1 is 1.25 bits per heavy atom. The van der Waals surface area contributed by atoms with Gasteiger partial charge in [0.2, 0.25) is 5.82 Å². The summed E-state index contributed by atoms with van der Waals surface area (Å²) in [5, 5.41) is 3.60. The number of imidazole rings is 1. The predicted molar refractivity (Wildman–Crippen MR) is 80.5 cm³/mol. The second kappa shape index (κ2) is 5.06. The van der Waals surface area contributed by atoms with Gasteiger partial charge in [-0.15, -0.1) is 4.91 Å². The number of nitrogens with zero attached hydrogens (tertiary/aromatic N) is 3. The summed E-state index contributed by atoms with van der Waals surface area (Å²) in [6.45, 7) is 2.10. The molecule has 0 atom stereocenters. The minimum absolute atomic E-state index is 0.270. The summed E-state index contributed by atoms with van der Waals surface area (Å²) in [4.78, 5) is 15.6. The van der Waals surface area contributed by atoms with E-state index >= 15 is 0 Å². The number of fused-ring (bicyclic) bond motifs is 1. The number of aromatic nitrogens is 2.